The monoisotopic (exact) mass is 465 g/mol. The summed E-state index contributed by atoms with van der Waals surface area (Å²) >= 11 is 6.37. The van der Waals surface area contributed by atoms with Crippen LogP contribution < -0.4 is 20.2 Å². The van der Waals surface area contributed by atoms with E-state index < -0.39 is 11.8 Å². The van der Waals surface area contributed by atoms with Crippen LogP contribution in [0.1, 0.15) is 22.3 Å². The van der Waals surface area contributed by atoms with Crippen LogP contribution in [0.15, 0.2) is 65.8 Å². The summed E-state index contributed by atoms with van der Waals surface area (Å²) in [4.78, 5) is 24.3. The summed E-state index contributed by atoms with van der Waals surface area (Å²) in [7, 11) is 1.50. The highest BCUT2D eigenvalue weighted by Crippen LogP contribution is 2.36. The van der Waals surface area contributed by atoms with Gasteiger partial charge < -0.3 is 14.8 Å². The minimum atomic E-state index is -0.894. The molecule has 7 nitrogen and oxygen atoms in total. The summed E-state index contributed by atoms with van der Waals surface area (Å²) in [5, 5.41) is 6.78. The number of benzene rings is 3. The number of ether oxygens (including phenoxy) is 2. The normalized spacial score (nSPS) is 10.7. The lowest BCUT2D eigenvalue weighted by Crippen LogP contribution is -2.32. The number of hydrogen-bond donors (Lipinski definition) is 2. The van der Waals surface area contributed by atoms with Gasteiger partial charge in [0.1, 0.15) is 6.61 Å². The smallest absolute Gasteiger partial charge is 0.329 e. The Bertz CT molecular complexity index is 1160. The van der Waals surface area contributed by atoms with Gasteiger partial charge in [0.05, 0.1) is 18.3 Å². The van der Waals surface area contributed by atoms with Crippen LogP contribution in [0.2, 0.25) is 5.02 Å². The van der Waals surface area contributed by atoms with E-state index in [1.807, 2.05) is 62.4 Å². The van der Waals surface area contributed by atoms with Gasteiger partial charge in [-0.25, -0.2) is 5.43 Å². The number of hydrogen-bond acceptors (Lipinski definition) is 5. The van der Waals surface area contributed by atoms with Crippen molar-refractivity contribution in [2.45, 2.75) is 20.5 Å². The van der Waals surface area contributed by atoms with Crippen molar-refractivity contribution in [2.75, 3.05) is 12.4 Å². The molecule has 0 spiro atoms. The van der Waals surface area contributed by atoms with Crippen molar-refractivity contribution >= 4 is 35.3 Å². The minimum Gasteiger partial charge on any atom is -0.493 e. The minimum absolute atomic E-state index is 0.325. The maximum atomic E-state index is 12.2. The summed E-state index contributed by atoms with van der Waals surface area (Å²) < 4.78 is 11.2. The van der Waals surface area contributed by atoms with E-state index in [1.54, 1.807) is 12.1 Å². The topological polar surface area (TPSA) is 89.0 Å². The molecule has 0 unspecified atom stereocenters. The summed E-state index contributed by atoms with van der Waals surface area (Å²) in [6, 6.07) is 18.5. The van der Waals surface area contributed by atoms with E-state index in [0.717, 1.165) is 16.7 Å². The van der Waals surface area contributed by atoms with Crippen LogP contribution in [0.3, 0.4) is 0 Å². The van der Waals surface area contributed by atoms with Crippen LogP contribution >= 0.6 is 11.6 Å². The van der Waals surface area contributed by atoms with Gasteiger partial charge in [0, 0.05) is 5.69 Å². The molecule has 0 radical (unpaired) electrons. The van der Waals surface area contributed by atoms with Gasteiger partial charge in [-0.3, -0.25) is 9.59 Å². The molecule has 33 heavy (non-hydrogen) atoms. The Balaban J connectivity index is 1.63. The molecule has 0 saturated heterocycles. The molecule has 3 rings (SSSR count). The third-order valence-corrected chi connectivity index (χ3v) is 5.06. The molecule has 0 heterocycles. The van der Waals surface area contributed by atoms with Crippen molar-refractivity contribution in [1.82, 2.24) is 5.43 Å². The second-order valence-corrected chi connectivity index (χ2v) is 7.64. The number of nitrogens with one attached hydrogen (secondary N) is 2. The molecule has 3 aromatic carbocycles. The molecule has 8 heteroatoms. The molecule has 0 bridgehead atoms. The van der Waals surface area contributed by atoms with E-state index in [2.05, 4.69) is 15.8 Å². The molecule has 0 aliphatic heterocycles. The Morgan fingerprint density at radius 2 is 1.70 bits per heavy atom. The Hall–Kier alpha value is -3.84. The fraction of sp³-hybridized carbons (Fsp3) is 0.160. The van der Waals surface area contributed by atoms with Gasteiger partial charge in [0.25, 0.3) is 0 Å². The maximum Gasteiger partial charge on any atom is 0.329 e. The van der Waals surface area contributed by atoms with Gasteiger partial charge in [0.2, 0.25) is 0 Å². The lowest BCUT2D eigenvalue weighted by molar-refractivity contribution is -0.136. The summed E-state index contributed by atoms with van der Waals surface area (Å²) in [6.45, 7) is 4.03. The number of nitrogens with zero attached hydrogens (tertiary/aromatic N) is 1. The van der Waals surface area contributed by atoms with Crippen molar-refractivity contribution < 1.29 is 19.1 Å². The van der Waals surface area contributed by atoms with Crippen LogP contribution in [0, 0.1) is 13.8 Å². The first-order valence-corrected chi connectivity index (χ1v) is 10.5. The number of aryl methyl sites for hydroxylation is 2. The van der Waals surface area contributed by atoms with Crippen molar-refractivity contribution in [3.8, 4) is 11.5 Å². The van der Waals surface area contributed by atoms with E-state index in [9.17, 15) is 9.59 Å². The van der Waals surface area contributed by atoms with Crippen LogP contribution in [-0.4, -0.2) is 25.1 Å². The lowest BCUT2D eigenvalue weighted by Gasteiger charge is -2.13. The van der Waals surface area contributed by atoms with Crippen molar-refractivity contribution in [1.29, 1.82) is 0 Å². The molecular formula is C25H24ClN3O4. The largest absolute Gasteiger partial charge is 0.493 e. The first-order valence-electron chi connectivity index (χ1n) is 10.1. The number of methoxy groups -OCH3 is 1. The standard InChI is InChI=1S/C25H24ClN3O4/c1-16-8-7-9-17(2)22(16)28-24(30)25(31)29-27-14-19-12-20(26)23(21(13-19)32-3)33-15-18-10-5-4-6-11-18/h4-14H,15H2,1-3H3,(H,28,30)(H,29,31)/b27-14-. The maximum absolute atomic E-state index is 12.2. The van der Waals surface area contributed by atoms with E-state index in [-0.39, 0.29) is 0 Å². The van der Waals surface area contributed by atoms with Crippen LogP contribution in [-0.2, 0) is 16.2 Å². The summed E-state index contributed by atoms with van der Waals surface area (Å²) in [6.07, 6.45) is 1.36. The number of amides is 2. The molecule has 0 aliphatic carbocycles. The number of para-hydroxylation sites is 1. The zero-order valence-electron chi connectivity index (χ0n) is 18.5. The SMILES string of the molecule is COc1cc(/C=N\NC(=O)C(=O)Nc2c(C)cccc2C)cc(Cl)c1OCc1ccccc1. The number of carbonyl (C=O) groups is 2. The number of halogens is 1. The quantitative estimate of drug-likeness (QED) is 0.302. The highest BCUT2D eigenvalue weighted by molar-refractivity contribution is 6.39. The van der Waals surface area contributed by atoms with Gasteiger partial charge in [-0.15, -0.1) is 0 Å². The predicted octanol–water partition coefficient (Wildman–Crippen LogP) is 4.63. The zero-order valence-corrected chi connectivity index (χ0v) is 19.3. The fourth-order valence-electron chi connectivity index (χ4n) is 3.08. The predicted molar refractivity (Wildman–Crippen MR) is 129 cm³/mol. The molecule has 2 N–H and O–H groups in total. The second kappa shape index (κ2) is 11.2. The fourth-order valence-corrected chi connectivity index (χ4v) is 3.36. The number of anilines is 1. The second-order valence-electron chi connectivity index (χ2n) is 7.23. The number of carbonyl (C=O) groups excluding carboxylic acids is 2. The molecule has 170 valence electrons. The molecule has 3 aromatic rings. The molecule has 0 fully saturated rings. The van der Waals surface area contributed by atoms with Gasteiger partial charge in [0.15, 0.2) is 11.5 Å². The Morgan fingerprint density at radius 3 is 2.36 bits per heavy atom. The third-order valence-electron chi connectivity index (χ3n) is 4.78. The summed E-state index contributed by atoms with van der Waals surface area (Å²) in [5.41, 5.74) is 6.07. The average Bonchev–Trinajstić information content (AvgIpc) is 2.81. The van der Waals surface area contributed by atoms with E-state index in [4.69, 9.17) is 21.1 Å². The van der Waals surface area contributed by atoms with E-state index in [0.29, 0.717) is 34.4 Å². The Morgan fingerprint density at radius 1 is 1.00 bits per heavy atom. The Labute approximate surface area is 197 Å². The number of rotatable bonds is 7. The zero-order chi connectivity index (χ0) is 23.8. The highest BCUT2D eigenvalue weighted by Gasteiger charge is 2.16. The van der Waals surface area contributed by atoms with Gasteiger partial charge in [-0.1, -0.05) is 60.1 Å². The lowest BCUT2D eigenvalue weighted by atomic mass is 10.1. The van der Waals surface area contributed by atoms with Gasteiger partial charge >= 0.3 is 11.8 Å². The molecule has 0 aliphatic rings. The van der Waals surface area contributed by atoms with E-state index >= 15 is 0 Å². The first kappa shape index (κ1) is 23.8. The van der Waals surface area contributed by atoms with Crippen LogP contribution in [0.25, 0.3) is 0 Å². The van der Waals surface area contributed by atoms with Crippen molar-refractivity contribution in [3.05, 3.63) is 87.9 Å². The Kier molecular flexibility index (Phi) is 8.05. The molecule has 0 aromatic heterocycles. The number of hydrazone groups is 1. The van der Waals surface area contributed by atoms with Crippen molar-refractivity contribution in [3.63, 3.8) is 0 Å². The third kappa shape index (κ3) is 6.33. The van der Waals surface area contributed by atoms with Crippen LogP contribution in [0.4, 0.5) is 5.69 Å². The average molecular weight is 466 g/mol. The molecule has 0 saturated carbocycles. The molecular weight excluding hydrogens is 442 g/mol. The van der Waals surface area contributed by atoms with Crippen LogP contribution in [0.5, 0.6) is 11.5 Å². The van der Waals surface area contributed by atoms with Gasteiger partial charge in [-0.2, -0.15) is 5.10 Å². The van der Waals surface area contributed by atoms with Crippen molar-refractivity contribution in [2.24, 2.45) is 5.10 Å². The summed E-state index contributed by atoms with van der Waals surface area (Å²) in [5.74, 6) is -0.893. The molecule has 0 atom stereocenters. The molecule has 2 amide bonds. The van der Waals surface area contributed by atoms with Gasteiger partial charge in [-0.05, 0) is 48.2 Å². The van der Waals surface area contributed by atoms with E-state index in [1.165, 1.54) is 13.3 Å². The first-order chi connectivity index (χ1) is 15.9. The highest BCUT2D eigenvalue weighted by atomic mass is 35.5.